The van der Waals surface area contributed by atoms with Gasteiger partial charge in [0.2, 0.25) is 0 Å². The Morgan fingerprint density at radius 3 is 2.63 bits per heavy atom. The van der Waals surface area contributed by atoms with E-state index in [1.54, 1.807) is 19.0 Å². The van der Waals surface area contributed by atoms with Crippen molar-refractivity contribution >= 4 is 11.7 Å². The smallest absolute Gasteiger partial charge is 0.273 e. The fourth-order valence-electron chi connectivity index (χ4n) is 2.00. The van der Waals surface area contributed by atoms with E-state index in [1.165, 1.54) is 0 Å². The summed E-state index contributed by atoms with van der Waals surface area (Å²) >= 11 is 0. The summed E-state index contributed by atoms with van der Waals surface area (Å²) in [5.41, 5.74) is 0.516. The summed E-state index contributed by atoms with van der Waals surface area (Å²) in [6.45, 7) is 10.3. The summed E-state index contributed by atoms with van der Waals surface area (Å²) in [6, 6.07) is 1.83. The summed E-state index contributed by atoms with van der Waals surface area (Å²) in [5.74, 6) is 2.10. The van der Waals surface area contributed by atoms with Crippen LogP contribution in [-0.4, -0.2) is 41.2 Å². The molecule has 0 bridgehead atoms. The summed E-state index contributed by atoms with van der Waals surface area (Å²) < 4.78 is 1.91. The van der Waals surface area contributed by atoms with Gasteiger partial charge in [-0.05, 0) is 11.8 Å². The fraction of sp³-hybridized carbons (Fsp3) is 0.714. The highest BCUT2D eigenvalue weighted by Crippen LogP contribution is 2.23. The Morgan fingerprint density at radius 2 is 2.11 bits per heavy atom. The van der Waals surface area contributed by atoms with Crippen LogP contribution in [0, 0.1) is 11.8 Å². The second-order valence-corrected chi connectivity index (χ2v) is 5.18. The van der Waals surface area contributed by atoms with E-state index in [1.807, 2.05) is 24.6 Å². The minimum absolute atomic E-state index is 0.0465. The highest BCUT2D eigenvalue weighted by atomic mass is 16.2. The molecular weight excluding hydrogens is 240 g/mol. The Bertz CT molecular complexity index is 423. The summed E-state index contributed by atoms with van der Waals surface area (Å²) in [4.78, 5) is 13.3. The van der Waals surface area contributed by atoms with E-state index in [4.69, 9.17) is 0 Å². The normalized spacial score (nSPS) is 17.1. The Morgan fingerprint density at radius 1 is 1.47 bits per heavy atom. The van der Waals surface area contributed by atoms with Gasteiger partial charge in [-0.2, -0.15) is 5.10 Å². The zero-order valence-electron chi connectivity index (χ0n) is 12.9. The standard InChI is InChI=1S/C12H20N4O.C2H6/c1-8(2)9-6-13-11-5-10(12(17)15(3)4)14-16(11)7-9;1-2/h5,8-9,13H,6-7H2,1-4H3;1-2H3. The predicted octanol–water partition coefficient (Wildman–Crippen LogP) is 2.31. The second kappa shape index (κ2) is 6.59. The summed E-state index contributed by atoms with van der Waals surface area (Å²) in [5, 5.41) is 7.71. The number of carbonyl (C=O) groups is 1. The van der Waals surface area contributed by atoms with Crippen molar-refractivity contribution in [2.75, 3.05) is 26.0 Å². The molecule has 0 spiro atoms. The van der Waals surface area contributed by atoms with E-state index >= 15 is 0 Å². The van der Waals surface area contributed by atoms with Crippen molar-refractivity contribution in [2.24, 2.45) is 11.8 Å². The van der Waals surface area contributed by atoms with E-state index < -0.39 is 0 Å². The lowest BCUT2D eigenvalue weighted by molar-refractivity contribution is 0.0820. The van der Waals surface area contributed by atoms with Crippen LogP contribution in [0.3, 0.4) is 0 Å². The first-order valence-corrected chi connectivity index (χ1v) is 7.02. The van der Waals surface area contributed by atoms with Crippen LogP contribution in [0.1, 0.15) is 38.2 Å². The number of anilines is 1. The maximum atomic E-state index is 11.8. The van der Waals surface area contributed by atoms with Gasteiger partial charge in [0.15, 0.2) is 5.69 Å². The molecule has 1 aromatic rings. The van der Waals surface area contributed by atoms with Gasteiger partial charge in [0.05, 0.1) is 0 Å². The molecule has 0 fully saturated rings. The molecule has 2 rings (SSSR count). The minimum atomic E-state index is -0.0465. The molecule has 0 aromatic carbocycles. The molecule has 1 aromatic heterocycles. The van der Waals surface area contributed by atoms with Crippen molar-refractivity contribution < 1.29 is 4.79 Å². The lowest BCUT2D eigenvalue weighted by Crippen LogP contribution is -2.31. The number of carbonyl (C=O) groups excluding carboxylic acids is 1. The summed E-state index contributed by atoms with van der Waals surface area (Å²) in [6.07, 6.45) is 0. The maximum absolute atomic E-state index is 11.8. The van der Waals surface area contributed by atoms with Gasteiger partial charge in [0.25, 0.3) is 5.91 Å². The molecule has 2 heterocycles. The average Bonchev–Trinajstić information content (AvgIpc) is 2.82. The van der Waals surface area contributed by atoms with Crippen molar-refractivity contribution in [3.8, 4) is 0 Å². The van der Waals surface area contributed by atoms with Gasteiger partial charge in [0.1, 0.15) is 5.82 Å². The summed E-state index contributed by atoms with van der Waals surface area (Å²) in [7, 11) is 3.48. The quantitative estimate of drug-likeness (QED) is 0.893. The van der Waals surface area contributed by atoms with E-state index in [-0.39, 0.29) is 5.91 Å². The molecule has 0 saturated carbocycles. The molecule has 108 valence electrons. The van der Waals surface area contributed by atoms with Gasteiger partial charge < -0.3 is 10.2 Å². The zero-order valence-corrected chi connectivity index (χ0v) is 12.9. The third kappa shape index (κ3) is 3.49. The molecule has 1 aliphatic rings. The van der Waals surface area contributed by atoms with Gasteiger partial charge in [-0.15, -0.1) is 0 Å². The van der Waals surface area contributed by atoms with Crippen molar-refractivity contribution in [2.45, 2.75) is 34.2 Å². The SMILES string of the molecule is CC.CC(C)C1CNc2cc(C(=O)N(C)C)nn2C1. The predicted molar refractivity (Wildman–Crippen MR) is 78.4 cm³/mol. The molecule has 0 radical (unpaired) electrons. The van der Waals surface area contributed by atoms with Crippen molar-refractivity contribution in [1.29, 1.82) is 0 Å². The number of rotatable bonds is 2. The molecule has 5 nitrogen and oxygen atoms in total. The van der Waals surface area contributed by atoms with Crippen molar-refractivity contribution in [3.63, 3.8) is 0 Å². The number of fused-ring (bicyclic) bond motifs is 1. The molecule has 1 aliphatic heterocycles. The molecule has 5 heteroatoms. The Labute approximate surface area is 116 Å². The van der Waals surface area contributed by atoms with Crippen LogP contribution in [0.2, 0.25) is 0 Å². The highest BCUT2D eigenvalue weighted by Gasteiger charge is 2.24. The van der Waals surface area contributed by atoms with Crippen LogP contribution in [-0.2, 0) is 6.54 Å². The minimum Gasteiger partial charge on any atom is -0.370 e. The first-order chi connectivity index (χ1) is 8.99. The number of hydrogen-bond donors (Lipinski definition) is 1. The van der Waals surface area contributed by atoms with E-state index in [9.17, 15) is 4.79 Å². The molecule has 0 aliphatic carbocycles. The van der Waals surface area contributed by atoms with Crippen LogP contribution in [0.25, 0.3) is 0 Å². The van der Waals surface area contributed by atoms with Crippen LogP contribution < -0.4 is 5.32 Å². The third-order valence-corrected chi connectivity index (χ3v) is 3.30. The lowest BCUT2D eigenvalue weighted by Gasteiger charge is -2.27. The topological polar surface area (TPSA) is 50.2 Å². The number of nitrogens with zero attached hydrogens (tertiary/aromatic N) is 3. The molecular formula is C14H26N4O. The molecule has 1 unspecified atom stereocenters. The van der Waals surface area contributed by atoms with Gasteiger partial charge in [-0.1, -0.05) is 27.7 Å². The molecule has 19 heavy (non-hydrogen) atoms. The number of hydrogen-bond acceptors (Lipinski definition) is 3. The van der Waals surface area contributed by atoms with Crippen molar-refractivity contribution in [3.05, 3.63) is 11.8 Å². The van der Waals surface area contributed by atoms with Crippen LogP contribution in [0.4, 0.5) is 5.82 Å². The first-order valence-electron chi connectivity index (χ1n) is 7.02. The molecule has 0 saturated heterocycles. The third-order valence-electron chi connectivity index (χ3n) is 3.30. The van der Waals surface area contributed by atoms with Gasteiger partial charge in [-0.3, -0.25) is 4.79 Å². The van der Waals surface area contributed by atoms with Crippen LogP contribution >= 0.6 is 0 Å². The largest absolute Gasteiger partial charge is 0.370 e. The molecule has 1 N–H and O–H groups in total. The van der Waals surface area contributed by atoms with E-state index in [2.05, 4.69) is 24.3 Å². The number of nitrogens with one attached hydrogen (secondary N) is 1. The Kier molecular flexibility index (Phi) is 5.39. The first kappa shape index (κ1) is 15.5. The van der Waals surface area contributed by atoms with Crippen LogP contribution in [0.15, 0.2) is 6.07 Å². The zero-order chi connectivity index (χ0) is 14.6. The average molecular weight is 266 g/mol. The molecule has 1 atom stereocenters. The van der Waals surface area contributed by atoms with E-state index in [0.29, 0.717) is 17.5 Å². The van der Waals surface area contributed by atoms with Gasteiger partial charge in [0, 0.05) is 33.3 Å². The van der Waals surface area contributed by atoms with Crippen LogP contribution in [0.5, 0.6) is 0 Å². The van der Waals surface area contributed by atoms with Gasteiger partial charge in [-0.25, -0.2) is 4.68 Å². The number of amides is 1. The fourth-order valence-corrected chi connectivity index (χ4v) is 2.00. The monoisotopic (exact) mass is 266 g/mol. The number of aromatic nitrogens is 2. The van der Waals surface area contributed by atoms with Crippen molar-refractivity contribution in [1.82, 2.24) is 14.7 Å². The lowest BCUT2D eigenvalue weighted by atomic mass is 9.95. The van der Waals surface area contributed by atoms with Gasteiger partial charge >= 0.3 is 0 Å². The Hall–Kier alpha value is -1.52. The Balaban J connectivity index is 0.000000861. The maximum Gasteiger partial charge on any atom is 0.273 e. The molecule has 1 amide bonds. The highest BCUT2D eigenvalue weighted by molar-refractivity contribution is 5.92. The second-order valence-electron chi connectivity index (χ2n) is 5.18. The van der Waals surface area contributed by atoms with E-state index in [0.717, 1.165) is 18.9 Å².